The Labute approximate surface area is 163 Å². The van der Waals surface area contributed by atoms with Crippen LogP contribution in [0, 0.1) is 29.8 Å². The van der Waals surface area contributed by atoms with Crippen LogP contribution in [0.1, 0.15) is 17.0 Å². The molecule has 1 aromatic carbocycles. The lowest BCUT2D eigenvalue weighted by atomic mass is 10.2. The molecular weight excluding hydrogens is 393 g/mol. The first-order chi connectivity index (χ1) is 13.2. The molecule has 2 heterocycles. The number of nitro groups is 1. The highest BCUT2D eigenvalue weighted by Crippen LogP contribution is 2.21. The molecule has 12 heteroatoms. The first-order valence-electron chi connectivity index (χ1n) is 8.06. The van der Waals surface area contributed by atoms with Crippen LogP contribution in [0.3, 0.4) is 0 Å². The number of anilines is 1. The Balaban J connectivity index is 1.66. The molecule has 0 aliphatic rings. The van der Waals surface area contributed by atoms with Gasteiger partial charge in [-0.25, -0.2) is 14.1 Å². The van der Waals surface area contributed by atoms with Crippen molar-refractivity contribution < 1.29 is 14.1 Å². The number of halogens is 2. The quantitative estimate of drug-likeness (QED) is 0.495. The Kier molecular flexibility index (Phi) is 5.36. The fraction of sp³-hybridized carbons (Fsp3) is 0.250. The summed E-state index contributed by atoms with van der Waals surface area (Å²) in [6.07, 6.45) is 1.39. The number of rotatable bonds is 6. The van der Waals surface area contributed by atoms with E-state index in [1.807, 2.05) is 0 Å². The van der Waals surface area contributed by atoms with Gasteiger partial charge in [-0.1, -0.05) is 17.7 Å². The molecule has 0 unspecified atom stereocenters. The number of benzene rings is 1. The smallest absolute Gasteiger partial charge is 0.292 e. The lowest BCUT2D eigenvalue weighted by Gasteiger charge is -2.04. The van der Waals surface area contributed by atoms with E-state index in [0.717, 1.165) is 0 Å². The Bertz CT molecular complexity index is 1060. The minimum atomic E-state index is -0.532. The average molecular weight is 408 g/mol. The fourth-order valence-corrected chi connectivity index (χ4v) is 2.89. The number of hydrogen-bond donors (Lipinski definition) is 1. The molecule has 1 N–H and O–H groups in total. The second kappa shape index (κ2) is 7.72. The molecule has 28 heavy (non-hydrogen) atoms. The maximum atomic E-state index is 13.1. The first kappa shape index (κ1) is 19.4. The molecule has 0 aliphatic carbocycles. The van der Waals surface area contributed by atoms with Crippen molar-refractivity contribution in [1.82, 2.24) is 24.5 Å². The third-order valence-electron chi connectivity index (χ3n) is 3.95. The van der Waals surface area contributed by atoms with Crippen molar-refractivity contribution >= 4 is 29.1 Å². The number of nitrogens with one attached hydrogen (secondary N) is 1. The average Bonchev–Trinajstić information content (AvgIpc) is 3.14. The molecule has 2 aromatic heterocycles. The van der Waals surface area contributed by atoms with E-state index >= 15 is 0 Å². The van der Waals surface area contributed by atoms with Gasteiger partial charge in [0.2, 0.25) is 11.9 Å². The van der Waals surface area contributed by atoms with Crippen LogP contribution >= 0.6 is 11.6 Å². The molecule has 0 bridgehead atoms. The van der Waals surface area contributed by atoms with E-state index in [9.17, 15) is 19.3 Å². The third kappa shape index (κ3) is 4.14. The second-order valence-corrected chi connectivity index (χ2v) is 6.39. The molecule has 3 aromatic rings. The topological polar surface area (TPSA) is 121 Å². The highest BCUT2D eigenvalue weighted by Gasteiger charge is 2.23. The monoisotopic (exact) mass is 407 g/mol. The van der Waals surface area contributed by atoms with E-state index in [2.05, 4.69) is 20.5 Å². The zero-order chi connectivity index (χ0) is 20.4. The van der Waals surface area contributed by atoms with E-state index in [1.54, 1.807) is 0 Å². The highest BCUT2D eigenvalue weighted by molar-refractivity contribution is 6.31. The minimum Gasteiger partial charge on any atom is -0.292 e. The predicted molar refractivity (Wildman–Crippen MR) is 97.5 cm³/mol. The van der Waals surface area contributed by atoms with Crippen molar-refractivity contribution in [2.24, 2.45) is 0 Å². The van der Waals surface area contributed by atoms with Crippen molar-refractivity contribution in [2.75, 3.05) is 5.32 Å². The van der Waals surface area contributed by atoms with Crippen LogP contribution in [0.2, 0.25) is 5.02 Å². The molecule has 10 nitrogen and oxygen atoms in total. The fourth-order valence-electron chi connectivity index (χ4n) is 2.66. The van der Waals surface area contributed by atoms with Crippen LogP contribution in [-0.4, -0.2) is 35.4 Å². The number of carbonyl (C=O) groups is 1. The Morgan fingerprint density at radius 3 is 2.75 bits per heavy atom. The maximum absolute atomic E-state index is 13.1. The molecule has 0 fully saturated rings. The Morgan fingerprint density at radius 1 is 1.36 bits per heavy atom. The molecule has 1 amide bonds. The zero-order valence-electron chi connectivity index (χ0n) is 14.9. The van der Waals surface area contributed by atoms with E-state index in [4.69, 9.17) is 11.6 Å². The number of nitrogens with zero attached hydrogens (tertiary/aromatic N) is 6. The summed E-state index contributed by atoms with van der Waals surface area (Å²) < 4.78 is 15.8. The summed E-state index contributed by atoms with van der Waals surface area (Å²) in [6.45, 7) is 3.04. The van der Waals surface area contributed by atoms with Crippen molar-refractivity contribution in [3.05, 3.63) is 62.4 Å². The number of aromatic nitrogens is 5. The largest absolute Gasteiger partial charge is 0.312 e. The van der Waals surface area contributed by atoms with Gasteiger partial charge in [0.15, 0.2) is 0 Å². The summed E-state index contributed by atoms with van der Waals surface area (Å²) in [5.74, 6) is -0.873. The summed E-state index contributed by atoms with van der Waals surface area (Å²) in [7, 11) is 0. The molecule has 3 rings (SSSR count). The lowest BCUT2D eigenvalue weighted by molar-refractivity contribution is -0.386. The molecule has 0 saturated heterocycles. The van der Waals surface area contributed by atoms with Crippen molar-refractivity contribution in [3.63, 3.8) is 0 Å². The van der Waals surface area contributed by atoms with Crippen LogP contribution in [0.5, 0.6) is 0 Å². The van der Waals surface area contributed by atoms with Gasteiger partial charge in [0, 0.05) is 5.02 Å². The Morgan fingerprint density at radius 2 is 2.11 bits per heavy atom. The van der Waals surface area contributed by atoms with Crippen molar-refractivity contribution in [2.45, 2.75) is 26.9 Å². The molecule has 0 atom stereocenters. The number of carbonyl (C=O) groups excluding carboxylic acids is 1. The molecular formula is C16H15ClFN7O3. The van der Waals surface area contributed by atoms with Crippen molar-refractivity contribution in [1.29, 1.82) is 0 Å². The van der Waals surface area contributed by atoms with Gasteiger partial charge in [-0.2, -0.15) is 5.10 Å². The van der Waals surface area contributed by atoms with E-state index in [-0.39, 0.29) is 41.1 Å². The van der Waals surface area contributed by atoms with Crippen LogP contribution in [0.15, 0.2) is 24.5 Å². The van der Waals surface area contributed by atoms with Crippen LogP contribution in [0.4, 0.5) is 16.0 Å². The van der Waals surface area contributed by atoms with Gasteiger partial charge in [-0.05, 0) is 31.5 Å². The van der Waals surface area contributed by atoms with Crippen LogP contribution in [-0.2, 0) is 17.9 Å². The van der Waals surface area contributed by atoms with Gasteiger partial charge in [0.05, 0.1) is 11.5 Å². The van der Waals surface area contributed by atoms with Crippen molar-refractivity contribution in [3.8, 4) is 0 Å². The number of aryl methyl sites for hydroxylation is 1. The van der Waals surface area contributed by atoms with E-state index in [0.29, 0.717) is 5.56 Å². The van der Waals surface area contributed by atoms with Crippen LogP contribution in [0.25, 0.3) is 0 Å². The van der Waals surface area contributed by atoms with E-state index in [1.165, 1.54) is 47.7 Å². The predicted octanol–water partition coefficient (Wildman–Crippen LogP) is 2.48. The molecule has 0 aliphatic heterocycles. The molecule has 146 valence electrons. The lowest BCUT2D eigenvalue weighted by Crippen LogP contribution is -2.21. The molecule has 0 spiro atoms. The van der Waals surface area contributed by atoms with E-state index < -0.39 is 16.6 Å². The summed E-state index contributed by atoms with van der Waals surface area (Å²) in [5, 5.41) is 21.9. The molecule has 0 saturated carbocycles. The summed E-state index contributed by atoms with van der Waals surface area (Å²) in [6, 6.07) is 4.02. The van der Waals surface area contributed by atoms with Gasteiger partial charge in [0.1, 0.15) is 30.1 Å². The van der Waals surface area contributed by atoms with Gasteiger partial charge in [-0.3, -0.25) is 24.9 Å². The minimum absolute atomic E-state index is 0.0549. The van der Waals surface area contributed by atoms with Gasteiger partial charge in [-0.15, -0.1) is 5.10 Å². The second-order valence-electron chi connectivity index (χ2n) is 5.98. The third-order valence-corrected chi connectivity index (χ3v) is 4.31. The highest BCUT2D eigenvalue weighted by atomic mass is 35.5. The van der Waals surface area contributed by atoms with Gasteiger partial charge < -0.3 is 0 Å². The zero-order valence-corrected chi connectivity index (χ0v) is 15.6. The Hall–Kier alpha value is -3.34. The number of amides is 1. The maximum Gasteiger partial charge on any atom is 0.312 e. The standard InChI is InChI=1S/C16H15ClFN7O3/c1-9-15(25(27)28)10(2)24(21-9)7-14(26)20-16-19-8-23(22-16)6-11-3-4-12(18)5-13(11)17/h3-5,8H,6-7H2,1-2H3,(H,20,22,26). The van der Waals surface area contributed by atoms with Gasteiger partial charge in [0.25, 0.3) is 0 Å². The first-order valence-corrected chi connectivity index (χ1v) is 8.44. The normalized spacial score (nSPS) is 10.9. The summed E-state index contributed by atoms with van der Waals surface area (Å²) >= 11 is 5.98. The van der Waals surface area contributed by atoms with Gasteiger partial charge >= 0.3 is 5.69 Å². The number of hydrogen-bond acceptors (Lipinski definition) is 6. The SMILES string of the molecule is Cc1nn(CC(=O)Nc2ncn(Cc3ccc(F)cc3Cl)n2)c(C)c1[N+](=O)[O-]. The molecule has 0 radical (unpaired) electrons. The summed E-state index contributed by atoms with van der Waals surface area (Å²) in [4.78, 5) is 26.7. The summed E-state index contributed by atoms with van der Waals surface area (Å²) in [5.41, 5.74) is 1.03. The van der Waals surface area contributed by atoms with Crippen LogP contribution < -0.4 is 5.32 Å².